The van der Waals surface area contributed by atoms with Crippen molar-refractivity contribution in [3.63, 3.8) is 0 Å². The number of aromatic nitrogens is 2. The molecule has 0 bridgehead atoms. The predicted octanol–water partition coefficient (Wildman–Crippen LogP) is 2.34. The molecule has 0 amide bonds. The van der Waals surface area contributed by atoms with Gasteiger partial charge >= 0.3 is 0 Å². The molecule has 0 aliphatic rings. The lowest BCUT2D eigenvalue weighted by molar-refractivity contribution is 0.737. The van der Waals surface area contributed by atoms with E-state index in [1.165, 1.54) is 19.3 Å². The fourth-order valence-corrected chi connectivity index (χ4v) is 0.946. The Bertz CT molecular complexity index is 251. The Morgan fingerprint density at radius 2 is 2.42 bits per heavy atom. The van der Waals surface area contributed by atoms with Crippen LogP contribution in [0.25, 0.3) is 0 Å². The molecule has 0 radical (unpaired) electrons. The molecule has 0 aromatic carbocycles. The quantitative estimate of drug-likeness (QED) is 0.536. The van der Waals surface area contributed by atoms with Crippen molar-refractivity contribution in [1.29, 1.82) is 0 Å². The van der Waals surface area contributed by atoms with E-state index in [4.69, 9.17) is 0 Å². The largest absolute Gasteiger partial charge is 0.284 e. The third-order valence-electron chi connectivity index (χ3n) is 1.62. The van der Waals surface area contributed by atoms with Crippen molar-refractivity contribution in [3.05, 3.63) is 18.0 Å². The first-order valence-electron chi connectivity index (χ1n) is 4.42. The molecule has 2 heteroatoms. The van der Waals surface area contributed by atoms with Gasteiger partial charge < -0.3 is 0 Å². The molecular formula is C10H14N2. The minimum Gasteiger partial charge on any atom is -0.284 e. The van der Waals surface area contributed by atoms with Gasteiger partial charge in [-0.2, -0.15) is 5.10 Å². The lowest BCUT2D eigenvalue weighted by Crippen LogP contribution is -1.74. The Labute approximate surface area is 73.4 Å². The number of nitrogens with zero attached hydrogens (tertiary/aromatic N) is 1. The molecule has 1 heterocycles. The monoisotopic (exact) mass is 162 g/mol. The van der Waals surface area contributed by atoms with Crippen LogP contribution in [-0.4, -0.2) is 10.2 Å². The summed E-state index contributed by atoms with van der Waals surface area (Å²) in [5, 5.41) is 6.66. The third-order valence-corrected chi connectivity index (χ3v) is 1.62. The second-order valence-corrected chi connectivity index (χ2v) is 2.72. The molecule has 0 spiro atoms. The Morgan fingerprint density at radius 1 is 1.50 bits per heavy atom. The molecule has 1 aromatic heterocycles. The van der Waals surface area contributed by atoms with Gasteiger partial charge in [-0.3, -0.25) is 5.10 Å². The van der Waals surface area contributed by atoms with E-state index in [0.717, 1.165) is 12.1 Å². The lowest BCUT2D eigenvalue weighted by Gasteiger charge is -1.87. The van der Waals surface area contributed by atoms with Crippen LogP contribution in [0.5, 0.6) is 0 Å². The van der Waals surface area contributed by atoms with Gasteiger partial charge in [-0.25, -0.2) is 0 Å². The zero-order valence-corrected chi connectivity index (χ0v) is 7.43. The van der Waals surface area contributed by atoms with Crippen LogP contribution in [0.1, 0.15) is 38.3 Å². The van der Waals surface area contributed by atoms with Crippen LogP contribution in [0.15, 0.2) is 12.3 Å². The average Bonchev–Trinajstić information content (AvgIpc) is 2.57. The molecule has 0 saturated heterocycles. The van der Waals surface area contributed by atoms with Crippen LogP contribution in [0, 0.1) is 11.8 Å². The van der Waals surface area contributed by atoms with Crippen molar-refractivity contribution >= 4 is 0 Å². The second-order valence-electron chi connectivity index (χ2n) is 2.72. The third kappa shape index (κ3) is 3.25. The topological polar surface area (TPSA) is 28.7 Å². The van der Waals surface area contributed by atoms with E-state index in [-0.39, 0.29) is 0 Å². The molecule has 12 heavy (non-hydrogen) atoms. The van der Waals surface area contributed by atoms with Crippen molar-refractivity contribution < 1.29 is 0 Å². The highest BCUT2D eigenvalue weighted by Gasteiger charge is 1.84. The smallest absolute Gasteiger partial charge is 0.134 e. The van der Waals surface area contributed by atoms with Crippen LogP contribution in [-0.2, 0) is 0 Å². The van der Waals surface area contributed by atoms with E-state index in [1.807, 2.05) is 6.07 Å². The van der Waals surface area contributed by atoms with E-state index in [9.17, 15) is 0 Å². The highest BCUT2D eigenvalue weighted by atomic mass is 15.1. The first-order chi connectivity index (χ1) is 5.93. The Kier molecular flexibility index (Phi) is 4.01. The molecule has 1 N–H and O–H groups in total. The van der Waals surface area contributed by atoms with E-state index in [1.54, 1.807) is 6.20 Å². The number of aromatic amines is 1. The van der Waals surface area contributed by atoms with E-state index in [0.29, 0.717) is 0 Å². The fraction of sp³-hybridized carbons (Fsp3) is 0.500. The van der Waals surface area contributed by atoms with E-state index in [2.05, 4.69) is 29.0 Å². The molecule has 2 nitrogen and oxygen atoms in total. The predicted molar refractivity (Wildman–Crippen MR) is 49.6 cm³/mol. The SMILES string of the molecule is CCCCCC#Cc1cc[nH]n1. The lowest BCUT2D eigenvalue weighted by atomic mass is 10.2. The summed E-state index contributed by atoms with van der Waals surface area (Å²) in [6.07, 6.45) is 6.50. The molecule has 0 unspecified atom stereocenters. The molecule has 0 aliphatic heterocycles. The van der Waals surface area contributed by atoms with Crippen molar-refractivity contribution in [2.75, 3.05) is 0 Å². The molecular weight excluding hydrogens is 148 g/mol. The van der Waals surface area contributed by atoms with Gasteiger partial charge in [0.25, 0.3) is 0 Å². The first kappa shape index (κ1) is 8.86. The van der Waals surface area contributed by atoms with Crippen LogP contribution in [0.4, 0.5) is 0 Å². The summed E-state index contributed by atoms with van der Waals surface area (Å²) in [6, 6.07) is 1.88. The minimum absolute atomic E-state index is 0.839. The summed E-state index contributed by atoms with van der Waals surface area (Å²) in [6.45, 7) is 2.20. The van der Waals surface area contributed by atoms with Crippen molar-refractivity contribution in [2.45, 2.75) is 32.6 Å². The Balaban J connectivity index is 2.21. The molecule has 0 saturated carbocycles. The van der Waals surface area contributed by atoms with Crippen LogP contribution in [0.2, 0.25) is 0 Å². The Morgan fingerprint density at radius 3 is 3.08 bits per heavy atom. The number of H-pyrrole nitrogens is 1. The minimum atomic E-state index is 0.839. The zero-order valence-electron chi connectivity index (χ0n) is 7.43. The average molecular weight is 162 g/mol. The highest BCUT2D eigenvalue weighted by molar-refractivity contribution is 5.24. The van der Waals surface area contributed by atoms with E-state index < -0.39 is 0 Å². The summed E-state index contributed by atoms with van der Waals surface area (Å²) in [5.74, 6) is 6.08. The maximum absolute atomic E-state index is 3.94. The van der Waals surface area contributed by atoms with Gasteiger partial charge in [0.15, 0.2) is 0 Å². The van der Waals surface area contributed by atoms with Gasteiger partial charge in [-0.1, -0.05) is 25.7 Å². The number of hydrogen-bond acceptors (Lipinski definition) is 1. The van der Waals surface area contributed by atoms with Gasteiger partial charge in [0.2, 0.25) is 0 Å². The highest BCUT2D eigenvalue weighted by Crippen LogP contribution is 1.97. The van der Waals surface area contributed by atoms with Gasteiger partial charge in [-0.05, 0) is 18.4 Å². The standard InChI is InChI=1S/C10H14N2/c1-2-3-4-5-6-7-10-8-9-11-12-10/h8-9H,2-5H2,1H3,(H,11,12). The number of nitrogens with one attached hydrogen (secondary N) is 1. The molecule has 0 fully saturated rings. The number of hydrogen-bond donors (Lipinski definition) is 1. The molecule has 64 valence electrons. The zero-order chi connectivity index (χ0) is 8.65. The summed E-state index contributed by atoms with van der Waals surface area (Å²) < 4.78 is 0. The van der Waals surface area contributed by atoms with Crippen molar-refractivity contribution in [3.8, 4) is 11.8 Å². The number of unbranched alkanes of at least 4 members (excludes halogenated alkanes) is 3. The van der Waals surface area contributed by atoms with Crippen LogP contribution >= 0.6 is 0 Å². The Hall–Kier alpha value is -1.23. The maximum Gasteiger partial charge on any atom is 0.134 e. The molecule has 1 rings (SSSR count). The molecule has 0 atom stereocenters. The van der Waals surface area contributed by atoms with Crippen LogP contribution in [0.3, 0.4) is 0 Å². The second kappa shape index (κ2) is 5.42. The normalized spacial score (nSPS) is 9.08. The summed E-state index contributed by atoms with van der Waals surface area (Å²) >= 11 is 0. The van der Waals surface area contributed by atoms with Crippen LogP contribution < -0.4 is 0 Å². The maximum atomic E-state index is 3.94. The fourth-order valence-electron chi connectivity index (χ4n) is 0.946. The van der Waals surface area contributed by atoms with Gasteiger partial charge in [0.1, 0.15) is 5.69 Å². The summed E-state index contributed by atoms with van der Waals surface area (Å²) in [7, 11) is 0. The van der Waals surface area contributed by atoms with Gasteiger partial charge in [0, 0.05) is 12.6 Å². The van der Waals surface area contributed by atoms with Gasteiger partial charge in [-0.15, -0.1) is 0 Å². The van der Waals surface area contributed by atoms with E-state index >= 15 is 0 Å². The van der Waals surface area contributed by atoms with Crippen molar-refractivity contribution in [1.82, 2.24) is 10.2 Å². The van der Waals surface area contributed by atoms with Crippen molar-refractivity contribution in [2.24, 2.45) is 0 Å². The summed E-state index contributed by atoms with van der Waals surface area (Å²) in [5.41, 5.74) is 0.839. The molecule has 0 aliphatic carbocycles. The van der Waals surface area contributed by atoms with Gasteiger partial charge in [0.05, 0.1) is 0 Å². The molecule has 1 aromatic rings. The number of rotatable bonds is 3. The first-order valence-corrected chi connectivity index (χ1v) is 4.42. The summed E-state index contributed by atoms with van der Waals surface area (Å²) in [4.78, 5) is 0.